The van der Waals surface area contributed by atoms with Gasteiger partial charge in [0.25, 0.3) is 5.89 Å². The van der Waals surface area contributed by atoms with Gasteiger partial charge in [-0.2, -0.15) is 0 Å². The summed E-state index contributed by atoms with van der Waals surface area (Å²) in [5.74, 6) is 1.44. The Balaban J connectivity index is 1.41. The van der Waals surface area contributed by atoms with E-state index in [0.29, 0.717) is 12.2 Å². The molecule has 0 unspecified atom stereocenters. The maximum Gasteiger partial charge on any atom is 0.322 e. The largest absolute Gasteiger partial charge is 0.459 e. The second kappa shape index (κ2) is 7.64. The Labute approximate surface area is 137 Å². The molecule has 3 aromatic rings. The molecule has 118 valence electrons. The summed E-state index contributed by atoms with van der Waals surface area (Å²) < 4.78 is 10.5. The van der Waals surface area contributed by atoms with Crippen molar-refractivity contribution in [2.24, 2.45) is 0 Å². The van der Waals surface area contributed by atoms with Gasteiger partial charge in [-0.1, -0.05) is 23.3 Å². The molecular weight excluding hydrogens is 314 g/mol. The van der Waals surface area contributed by atoms with Crippen LogP contribution in [-0.2, 0) is 4.79 Å². The molecule has 1 N–H and O–H groups in total. The fourth-order valence-electron chi connectivity index (χ4n) is 1.89. The number of benzene rings is 1. The van der Waals surface area contributed by atoms with E-state index in [0.717, 1.165) is 12.2 Å². The number of rotatable bonds is 7. The summed E-state index contributed by atoms with van der Waals surface area (Å²) in [6, 6.07) is 13.6. The van der Waals surface area contributed by atoms with Gasteiger partial charge in [0.15, 0.2) is 5.76 Å². The van der Waals surface area contributed by atoms with E-state index in [9.17, 15) is 4.79 Å². The SMILES string of the molecule is O=C(CCCSc1ccccc1)Nc1nnc(-c2ccco2)o1. The highest BCUT2D eigenvalue weighted by atomic mass is 32.2. The van der Waals surface area contributed by atoms with Gasteiger partial charge in [-0.25, -0.2) is 0 Å². The van der Waals surface area contributed by atoms with E-state index in [2.05, 4.69) is 27.6 Å². The number of anilines is 1. The molecule has 2 heterocycles. The number of nitrogens with zero attached hydrogens (tertiary/aromatic N) is 2. The van der Waals surface area contributed by atoms with Crippen molar-refractivity contribution in [1.82, 2.24) is 10.2 Å². The van der Waals surface area contributed by atoms with E-state index in [4.69, 9.17) is 8.83 Å². The molecule has 0 atom stereocenters. The number of furan rings is 1. The second-order valence-electron chi connectivity index (χ2n) is 4.70. The Hall–Kier alpha value is -2.54. The number of aromatic nitrogens is 2. The molecule has 0 spiro atoms. The zero-order valence-corrected chi connectivity index (χ0v) is 13.1. The summed E-state index contributed by atoms with van der Waals surface area (Å²) in [6.45, 7) is 0. The summed E-state index contributed by atoms with van der Waals surface area (Å²) in [6.07, 6.45) is 2.69. The number of amides is 1. The van der Waals surface area contributed by atoms with Crippen molar-refractivity contribution in [1.29, 1.82) is 0 Å². The Morgan fingerprint density at radius 3 is 2.78 bits per heavy atom. The molecule has 0 aliphatic heterocycles. The first-order valence-corrected chi connectivity index (χ1v) is 8.15. The quantitative estimate of drug-likeness (QED) is 0.524. The van der Waals surface area contributed by atoms with Crippen molar-refractivity contribution in [3.63, 3.8) is 0 Å². The van der Waals surface area contributed by atoms with Gasteiger partial charge in [-0.15, -0.1) is 16.9 Å². The van der Waals surface area contributed by atoms with E-state index in [1.165, 1.54) is 11.2 Å². The van der Waals surface area contributed by atoms with Gasteiger partial charge in [-0.3, -0.25) is 10.1 Å². The number of carbonyl (C=O) groups excluding carboxylic acids is 1. The average molecular weight is 329 g/mol. The molecule has 3 rings (SSSR count). The molecule has 1 amide bonds. The van der Waals surface area contributed by atoms with Crippen LogP contribution in [0.5, 0.6) is 0 Å². The predicted molar refractivity (Wildman–Crippen MR) is 87.0 cm³/mol. The lowest BCUT2D eigenvalue weighted by Crippen LogP contribution is -2.11. The molecule has 7 heteroatoms. The summed E-state index contributed by atoms with van der Waals surface area (Å²) >= 11 is 1.73. The first kappa shape index (κ1) is 15.4. The van der Waals surface area contributed by atoms with Crippen LogP contribution in [0.3, 0.4) is 0 Å². The third-order valence-corrected chi connectivity index (χ3v) is 4.06. The molecule has 6 nitrogen and oxygen atoms in total. The number of thioether (sulfide) groups is 1. The van der Waals surface area contributed by atoms with Crippen molar-refractivity contribution in [2.45, 2.75) is 17.7 Å². The molecule has 0 aliphatic rings. The van der Waals surface area contributed by atoms with Crippen LogP contribution in [-0.4, -0.2) is 21.9 Å². The normalized spacial score (nSPS) is 10.6. The molecule has 2 aromatic heterocycles. The van der Waals surface area contributed by atoms with Crippen LogP contribution >= 0.6 is 11.8 Å². The lowest BCUT2D eigenvalue weighted by molar-refractivity contribution is -0.116. The minimum atomic E-state index is -0.145. The Bertz CT molecular complexity index is 741. The van der Waals surface area contributed by atoms with Gasteiger partial charge < -0.3 is 8.83 Å². The highest BCUT2D eigenvalue weighted by Gasteiger charge is 2.12. The van der Waals surface area contributed by atoms with Crippen LogP contribution in [0.4, 0.5) is 6.01 Å². The topological polar surface area (TPSA) is 81.2 Å². The number of hydrogen-bond donors (Lipinski definition) is 1. The molecule has 1 aromatic carbocycles. The minimum absolute atomic E-state index is 0.0807. The van der Waals surface area contributed by atoms with Crippen molar-refractivity contribution >= 4 is 23.7 Å². The van der Waals surface area contributed by atoms with Crippen LogP contribution in [0.1, 0.15) is 12.8 Å². The predicted octanol–water partition coefficient (Wildman–Crippen LogP) is 3.84. The monoisotopic (exact) mass is 329 g/mol. The maximum absolute atomic E-state index is 11.8. The van der Waals surface area contributed by atoms with Gasteiger partial charge in [-0.05, 0) is 36.4 Å². The number of hydrogen-bond acceptors (Lipinski definition) is 6. The van der Waals surface area contributed by atoms with Crippen LogP contribution < -0.4 is 5.32 Å². The minimum Gasteiger partial charge on any atom is -0.459 e. The molecule has 0 radical (unpaired) electrons. The van der Waals surface area contributed by atoms with Gasteiger partial charge in [0, 0.05) is 11.3 Å². The standard InChI is InChI=1S/C16H15N3O3S/c20-14(9-5-11-23-12-6-2-1-3-7-12)17-16-19-18-15(22-16)13-8-4-10-21-13/h1-4,6-8,10H,5,9,11H2,(H,17,19,20). The smallest absolute Gasteiger partial charge is 0.322 e. The number of carbonyl (C=O) groups is 1. The van der Waals surface area contributed by atoms with Crippen molar-refractivity contribution < 1.29 is 13.6 Å². The van der Waals surface area contributed by atoms with Crippen LogP contribution in [0.2, 0.25) is 0 Å². The van der Waals surface area contributed by atoms with E-state index < -0.39 is 0 Å². The summed E-state index contributed by atoms with van der Waals surface area (Å²) in [4.78, 5) is 13.0. The van der Waals surface area contributed by atoms with Gasteiger partial charge in [0.1, 0.15) is 0 Å². The molecule has 23 heavy (non-hydrogen) atoms. The first-order valence-electron chi connectivity index (χ1n) is 7.16. The van der Waals surface area contributed by atoms with E-state index in [-0.39, 0.29) is 17.8 Å². The summed E-state index contributed by atoms with van der Waals surface area (Å²) in [5.41, 5.74) is 0. The Morgan fingerprint density at radius 2 is 2.00 bits per heavy atom. The van der Waals surface area contributed by atoms with Gasteiger partial charge in [0.2, 0.25) is 5.91 Å². The number of nitrogens with one attached hydrogen (secondary N) is 1. The van der Waals surface area contributed by atoms with Crippen molar-refractivity contribution in [3.8, 4) is 11.7 Å². The Morgan fingerprint density at radius 1 is 1.13 bits per heavy atom. The van der Waals surface area contributed by atoms with Gasteiger partial charge >= 0.3 is 6.01 Å². The molecule has 0 fully saturated rings. The molecule has 0 saturated heterocycles. The highest BCUT2D eigenvalue weighted by Crippen LogP contribution is 2.21. The van der Waals surface area contributed by atoms with Crippen molar-refractivity contribution in [2.75, 3.05) is 11.1 Å². The third-order valence-electron chi connectivity index (χ3n) is 2.96. The summed E-state index contributed by atoms with van der Waals surface area (Å²) in [5, 5.41) is 10.2. The average Bonchev–Trinajstić information content (AvgIpc) is 3.24. The lowest BCUT2D eigenvalue weighted by atomic mass is 10.3. The highest BCUT2D eigenvalue weighted by molar-refractivity contribution is 7.99. The Kier molecular flexibility index (Phi) is 5.10. The van der Waals surface area contributed by atoms with Crippen LogP contribution in [0.25, 0.3) is 11.7 Å². The van der Waals surface area contributed by atoms with Crippen molar-refractivity contribution in [3.05, 3.63) is 48.7 Å². The lowest BCUT2D eigenvalue weighted by Gasteiger charge is -2.01. The molecule has 0 saturated carbocycles. The molecular formula is C16H15N3O3S. The summed E-state index contributed by atoms with van der Waals surface area (Å²) in [7, 11) is 0. The zero-order valence-electron chi connectivity index (χ0n) is 12.3. The van der Waals surface area contributed by atoms with E-state index >= 15 is 0 Å². The maximum atomic E-state index is 11.8. The fraction of sp³-hybridized carbons (Fsp3) is 0.188. The van der Waals surface area contributed by atoms with E-state index in [1.807, 2.05) is 18.2 Å². The van der Waals surface area contributed by atoms with E-state index in [1.54, 1.807) is 23.9 Å². The fourth-order valence-corrected chi connectivity index (χ4v) is 2.77. The molecule has 0 aliphatic carbocycles. The second-order valence-corrected chi connectivity index (χ2v) is 5.87. The zero-order chi connectivity index (χ0) is 15.9. The first-order chi connectivity index (χ1) is 11.3. The van der Waals surface area contributed by atoms with Gasteiger partial charge in [0.05, 0.1) is 6.26 Å². The molecule has 0 bridgehead atoms. The van der Waals surface area contributed by atoms with Crippen LogP contribution in [0, 0.1) is 0 Å². The van der Waals surface area contributed by atoms with Crippen LogP contribution in [0.15, 0.2) is 62.5 Å². The third kappa shape index (κ3) is 4.46.